The van der Waals surface area contributed by atoms with Crippen molar-refractivity contribution >= 4 is 11.6 Å². The van der Waals surface area contributed by atoms with E-state index >= 15 is 0 Å². The first-order valence-electron chi connectivity index (χ1n) is 10.7. The molecule has 7 nitrogen and oxygen atoms in total. The molecule has 170 valence electrons. The number of halogens is 1. The topological polar surface area (TPSA) is 84.6 Å². The second kappa shape index (κ2) is 9.29. The quantitative estimate of drug-likeness (QED) is 0.370. The molecule has 5 aromatic rings. The van der Waals surface area contributed by atoms with Crippen LogP contribution in [0, 0.1) is 5.82 Å². The van der Waals surface area contributed by atoms with Gasteiger partial charge < -0.3 is 15.2 Å². The van der Waals surface area contributed by atoms with Crippen LogP contribution in [-0.4, -0.2) is 31.6 Å². The molecule has 2 N–H and O–H groups in total. The van der Waals surface area contributed by atoms with Crippen molar-refractivity contribution in [1.29, 1.82) is 0 Å². The molecule has 34 heavy (non-hydrogen) atoms. The number of aromatic nitrogens is 4. The Hall–Kier alpha value is -4.30. The number of ether oxygens (including phenoxy) is 1. The second-order valence-corrected chi connectivity index (χ2v) is 7.67. The summed E-state index contributed by atoms with van der Waals surface area (Å²) in [4.78, 5) is 13.9. The summed E-state index contributed by atoms with van der Waals surface area (Å²) < 4.78 is 20.9. The minimum atomic E-state index is -0.318. The highest BCUT2D eigenvalue weighted by Crippen LogP contribution is 2.32. The molecule has 0 amide bonds. The summed E-state index contributed by atoms with van der Waals surface area (Å²) in [5.41, 5.74) is 5.20. The maximum Gasteiger partial charge on any atom is 0.223 e. The number of benzene rings is 2. The fourth-order valence-corrected chi connectivity index (χ4v) is 3.84. The molecule has 8 heteroatoms. The van der Waals surface area contributed by atoms with Crippen molar-refractivity contribution in [3.05, 3.63) is 96.1 Å². The van der Waals surface area contributed by atoms with E-state index in [2.05, 4.69) is 10.3 Å². The van der Waals surface area contributed by atoms with Crippen LogP contribution in [0.4, 0.5) is 10.3 Å². The number of rotatable bonds is 7. The molecule has 0 bridgehead atoms. The van der Waals surface area contributed by atoms with Crippen LogP contribution >= 0.6 is 0 Å². The predicted octanol–water partition coefficient (Wildman–Crippen LogP) is 4.71. The van der Waals surface area contributed by atoms with Crippen LogP contribution in [0.3, 0.4) is 0 Å². The van der Waals surface area contributed by atoms with Gasteiger partial charge in [-0.05, 0) is 54.1 Å². The van der Waals surface area contributed by atoms with E-state index in [0.29, 0.717) is 29.5 Å². The molecule has 0 aliphatic carbocycles. The molecular formula is C26H22FN5O2. The molecule has 0 saturated carbocycles. The highest BCUT2D eigenvalue weighted by molar-refractivity contribution is 5.80. The van der Waals surface area contributed by atoms with Crippen molar-refractivity contribution in [3.63, 3.8) is 0 Å². The third-order valence-electron chi connectivity index (χ3n) is 5.52. The molecule has 0 aliphatic rings. The molecule has 0 fully saturated rings. The average molecular weight is 455 g/mol. The Bertz CT molecular complexity index is 1450. The zero-order valence-electron chi connectivity index (χ0n) is 18.4. The number of imidazole rings is 1. The molecule has 0 unspecified atom stereocenters. The maximum absolute atomic E-state index is 13.6. The first kappa shape index (κ1) is 21.5. The number of aliphatic hydroxyl groups excluding tert-OH is 1. The van der Waals surface area contributed by atoms with Crippen molar-refractivity contribution in [2.45, 2.75) is 13.2 Å². The Kier molecular flexibility index (Phi) is 5.88. The number of fused-ring (bicyclic) bond motifs is 1. The summed E-state index contributed by atoms with van der Waals surface area (Å²) in [7, 11) is 1.64. The van der Waals surface area contributed by atoms with Crippen LogP contribution in [-0.2, 0) is 13.2 Å². The molecule has 0 aliphatic heterocycles. The Labute approximate surface area is 195 Å². The minimum Gasteiger partial charge on any atom is -0.496 e. The Morgan fingerprint density at radius 2 is 1.85 bits per heavy atom. The number of anilines is 1. The Morgan fingerprint density at radius 3 is 2.65 bits per heavy atom. The standard InChI is InChI=1S/C26H22FN5O2/c1-34-22-5-3-2-4-19(22)15-29-26-28-12-10-21(30-26)25-24(18-6-8-20(27)9-7-18)31-23-14-17(16-33)11-13-32(23)25/h2-14,33H,15-16H2,1H3,(H,28,29,30). The van der Waals surface area contributed by atoms with E-state index in [0.717, 1.165) is 28.1 Å². The Balaban J connectivity index is 1.57. The Morgan fingerprint density at radius 1 is 1.03 bits per heavy atom. The lowest BCUT2D eigenvalue weighted by atomic mass is 10.1. The lowest BCUT2D eigenvalue weighted by Crippen LogP contribution is -2.05. The van der Waals surface area contributed by atoms with E-state index in [9.17, 15) is 9.50 Å². The molecule has 0 spiro atoms. The number of para-hydroxylation sites is 1. The van der Waals surface area contributed by atoms with Crippen molar-refractivity contribution in [1.82, 2.24) is 19.4 Å². The third kappa shape index (κ3) is 4.18. The summed E-state index contributed by atoms with van der Waals surface area (Å²) >= 11 is 0. The molecule has 0 saturated heterocycles. The van der Waals surface area contributed by atoms with Gasteiger partial charge in [0.25, 0.3) is 0 Å². The summed E-state index contributed by atoms with van der Waals surface area (Å²) in [5, 5.41) is 12.8. The molecule has 0 radical (unpaired) electrons. The van der Waals surface area contributed by atoms with Crippen molar-refractivity contribution in [2.75, 3.05) is 12.4 Å². The number of nitrogens with one attached hydrogen (secondary N) is 1. The van der Waals surface area contributed by atoms with Crippen LogP contribution in [0.1, 0.15) is 11.1 Å². The average Bonchev–Trinajstić information content (AvgIpc) is 3.27. The zero-order chi connectivity index (χ0) is 23.5. The van der Waals surface area contributed by atoms with E-state index in [4.69, 9.17) is 14.7 Å². The molecule has 3 heterocycles. The highest BCUT2D eigenvalue weighted by Gasteiger charge is 2.18. The van der Waals surface area contributed by atoms with Gasteiger partial charge in [-0.2, -0.15) is 0 Å². The van der Waals surface area contributed by atoms with E-state index < -0.39 is 0 Å². The second-order valence-electron chi connectivity index (χ2n) is 7.67. The summed E-state index contributed by atoms with van der Waals surface area (Å²) in [6.07, 6.45) is 3.53. The van der Waals surface area contributed by atoms with Crippen LogP contribution in [0.2, 0.25) is 0 Å². The summed E-state index contributed by atoms with van der Waals surface area (Å²) in [5.74, 6) is 0.920. The number of hydrogen-bond acceptors (Lipinski definition) is 6. The van der Waals surface area contributed by atoms with Gasteiger partial charge in [0, 0.05) is 30.1 Å². The summed E-state index contributed by atoms with van der Waals surface area (Å²) in [6, 6.07) is 19.4. The SMILES string of the molecule is COc1ccccc1CNc1nccc(-c2c(-c3ccc(F)cc3)nc3cc(CO)ccn23)n1. The summed E-state index contributed by atoms with van der Waals surface area (Å²) in [6.45, 7) is 0.403. The fraction of sp³-hybridized carbons (Fsp3) is 0.115. The van der Waals surface area contributed by atoms with Crippen LogP contribution < -0.4 is 10.1 Å². The molecule has 2 aromatic carbocycles. The van der Waals surface area contributed by atoms with E-state index in [1.807, 2.05) is 53.1 Å². The number of hydrogen-bond donors (Lipinski definition) is 2. The molecule has 3 aromatic heterocycles. The van der Waals surface area contributed by atoms with E-state index in [1.165, 1.54) is 12.1 Å². The van der Waals surface area contributed by atoms with Crippen LogP contribution in [0.25, 0.3) is 28.3 Å². The van der Waals surface area contributed by atoms with Crippen LogP contribution in [0.5, 0.6) is 5.75 Å². The predicted molar refractivity (Wildman–Crippen MR) is 128 cm³/mol. The lowest BCUT2D eigenvalue weighted by Gasteiger charge is -2.11. The largest absolute Gasteiger partial charge is 0.496 e. The number of methoxy groups -OCH3 is 1. The monoisotopic (exact) mass is 455 g/mol. The van der Waals surface area contributed by atoms with Gasteiger partial charge in [-0.25, -0.2) is 19.3 Å². The van der Waals surface area contributed by atoms with Crippen molar-refractivity contribution in [2.24, 2.45) is 0 Å². The normalized spacial score (nSPS) is 11.0. The lowest BCUT2D eigenvalue weighted by molar-refractivity contribution is 0.282. The molecular weight excluding hydrogens is 433 g/mol. The van der Waals surface area contributed by atoms with Gasteiger partial charge in [-0.3, -0.25) is 4.40 Å². The van der Waals surface area contributed by atoms with Gasteiger partial charge in [0.05, 0.1) is 30.8 Å². The first-order valence-corrected chi connectivity index (χ1v) is 10.7. The van der Waals surface area contributed by atoms with Crippen molar-refractivity contribution < 1.29 is 14.2 Å². The highest BCUT2D eigenvalue weighted by atomic mass is 19.1. The third-order valence-corrected chi connectivity index (χ3v) is 5.52. The van der Waals surface area contributed by atoms with E-state index in [1.54, 1.807) is 25.4 Å². The number of aliphatic hydroxyl groups is 1. The van der Waals surface area contributed by atoms with Gasteiger partial charge in [0.15, 0.2) is 0 Å². The molecule has 0 atom stereocenters. The van der Waals surface area contributed by atoms with Gasteiger partial charge >= 0.3 is 0 Å². The van der Waals surface area contributed by atoms with Gasteiger partial charge in [0.2, 0.25) is 5.95 Å². The van der Waals surface area contributed by atoms with Crippen molar-refractivity contribution in [3.8, 4) is 28.4 Å². The van der Waals surface area contributed by atoms with Gasteiger partial charge in [-0.1, -0.05) is 18.2 Å². The fourth-order valence-electron chi connectivity index (χ4n) is 3.84. The number of pyridine rings is 1. The van der Waals surface area contributed by atoms with Crippen LogP contribution in [0.15, 0.2) is 79.1 Å². The van der Waals surface area contributed by atoms with Gasteiger partial charge in [0.1, 0.15) is 17.2 Å². The smallest absolute Gasteiger partial charge is 0.223 e. The minimum absolute atomic E-state index is 0.0882. The maximum atomic E-state index is 13.6. The zero-order valence-corrected chi connectivity index (χ0v) is 18.4. The number of nitrogens with zero attached hydrogens (tertiary/aromatic N) is 4. The first-order chi connectivity index (χ1) is 16.7. The van der Waals surface area contributed by atoms with Gasteiger partial charge in [-0.15, -0.1) is 0 Å². The van der Waals surface area contributed by atoms with E-state index in [-0.39, 0.29) is 12.4 Å². The molecule has 5 rings (SSSR count).